The molecular formula is C19H32N4O2. The van der Waals surface area contributed by atoms with Crippen LogP contribution in [0.3, 0.4) is 0 Å². The lowest BCUT2D eigenvalue weighted by molar-refractivity contribution is -0.114. The van der Waals surface area contributed by atoms with E-state index in [1.165, 1.54) is 19.8 Å². The average Bonchev–Trinajstić information content (AvgIpc) is 2.56. The number of hydrogen-bond donors (Lipinski definition) is 3. The van der Waals surface area contributed by atoms with Crippen molar-refractivity contribution in [3.8, 4) is 5.75 Å². The fourth-order valence-electron chi connectivity index (χ4n) is 2.31. The Bertz CT molecular complexity index is 544. The number of benzene rings is 1. The third-order valence-electron chi connectivity index (χ3n) is 3.54. The normalized spacial score (nSPS) is 11.3. The molecule has 0 aliphatic heterocycles. The highest BCUT2D eigenvalue weighted by Crippen LogP contribution is 2.16. The second kappa shape index (κ2) is 12.2. The molecule has 0 saturated heterocycles. The first-order valence-electron chi connectivity index (χ1n) is 8.96. The molecule has 140 valence electrons. The van der Waals surface area contributed by atoms with Gasteiger partial charge in [-0.25, -0.2) is 0 Å². The Kier molecular flexibility index (Phi) is 10.1. The van der Waals surface area contributed by atoms with E-state index >= 15 is 0 Å². The largest absolute Gasteiger partial charge is 0.492 e. The Balaban J connectivity index is 2.21. The van der Waals surface area contributed by atoms with Gasteiger partial charge in [-0.3, -0.25) is 9.79 Å². The molecule has 0 spiro atoms. The molecule has 1 aromatic rings. The summed E-state index contributed by atoms with van der Waals surface area (Å²) in [5.74, 6) is 2.19. The van der Waals surface area contributed by atoms with E-state index in [0.29, 0.717) is 13.2 Å². The Morgan fingerprint density at radius 2 is 1.96 bits per heavy atom. The minimum Gasteiger partial charge on any atom is -0.492 e. The average molecular weight is 348 g/mol. The lowest BCUT2D eigenvalue weighted by atomic mass is 10.1. The van der Waals surface area contributed by atoms with Gasteiger partial charge >= 0.3 is 0 Å². The number of guanidine groups is 1. The number of anilines is 1. The van der Waals surface area contributed by atoms with E-state index in [1.807, 2.05) is 24.3 Å². The maximum Gasteiger partial charge on any atom is 0.221 e. The van der Waals surface area contributed by atoms with Crippen LogP contribution in [0.2, 0.25) is 0 Å². The first kappa shape index (κ1) is 20.8. The van der Waals surface area contributed by atoms with Crippen LogP contribution in [0.4, 0.5) is 5.69 Å². The number of hydrogen-bond acceptors (Lipinski definition) is 3. The maximum atomic E-state index is 11.1. The van der Waals surface area contributed by atoms with E-state index in [9.17, 15) is 4.79 Å². The standard InChI is InChI=1S/C19H32N4O2/c1-15(2)8-5-6-11-21-19(20-4)22-12-13-25-18-10-7-9-17(14-18)23-16(3)24/h7,9-10,14-15H,5-6,8,11-13H2,1-4H3,(H,23,24)(H2,20,21,22). The van der Waals surface area contributed by atoms with Gasteiger partial charge in [-0.2, -0.15) is 0 Å². The molecular weight excluding hydrogens is 316 g/mol. The summed E-state index contributed by atoms with van der Waals surface area (Å²) in [6.45, 7) is 8.07. The Labute approximate surface area is 151 Å². The molecule has 1 amide bonds. The molecule has 25 heavy (non-hydrogen) atoms. The fourth-order valence-corrected chi connectivity index (χ4v) is 2.31. The van der Waals surface area contributed by atoms with Crippen molar-refractivity contribution >= 4 is 17.6 Å². The van der Waals surface area contributed by atoms with E-state index in [-0.39, 0.29) is 5.91 Å². The summed E-state index contributed by atoms with van der Waals surface area (Å²) >= 11 is 0. The van der Waals surface area contributed by atoms with Gasteiger partial charge in [0.25, 0.3) is 0 Å². The van der Waals surface area contributed by atoms with Crippen LogP contribution < -0.4 is 20.7 Å². The molecule has 1 rings (SSSR count). The zero-order chi connectivity index (χ0) is 18.5. The molecule has 0 radical (unpaired) electrons. The molecule has 3 N–H and O–H groups in total. The molecule has 0 saturated carbocycles. The molecule has 0 aliphatic rings. The topological polar surface area (TPSA) is 74.8 Å². The minimum absolute atomic E-state index is 0.0953. The van der Waals surface area contributed by atoms with Gasteiger partial charge in [0.1, 0.15) is 12.4 Å². The number of rotatable bonds is 10. The second-order valence-electron chi connectivity index (χ2n) is 6.37. The van der Waals surface area contributed by atoms with E-state index in [2.05, 4.69) is 34.8 Å². The van der Waals surface area contributed by atoms with Crippen molar-refractivity contribution in [3.05, 3.63) is 24.3 Å². The number of carbonyl (C=O) groups is 1. The van der Waals surface area contributed by atoms with Gasteiger partial charge in [0.2, 0.25) is 5.91 Å². The van der Waals surface area contributed by atoms with E-state index in [1.54, 1.807) is 7.05 Å². The van der Waals surface area contributed by atoms with Crippen molar-refractivity contribution in [2.45, 2.75) is 40.0 Å². The molecule has 0 fully saturated rings. The quantitative estimate of drug-likeness (QED) is 0.345. The zero-order valence-corrected chi connectivity index (χ0v) is 15.9. The van der Waals surface area contributed by atoms with Gasteiger partial charge < -0.3 is 20.7 Å². The van der Waals surface area contributed by atoms with Crippen LogP contribution >= 0.6 is 0 Å². The number of ether oxygens (including phenoxy) is 1. The maximum absolute atomic E-state index is 11.1. The van der Waals surface area contributed by atoms with Crippen LogP contribution in [-0.2, 0) is 4.79 Å². The Morgan fingerprint density at radius 1 is 1.20 bits per heavy atom. The van der Waals surface area contributed by atoms with Gasteiger partial charge in [-0.1, -0.05) is 32.8 Å². The predicted octanol–water partition coefficient (Wildman–Crippen LogP) is 3.02. The van der Waals surface area contributed by atoms with Crippen molar-refractivity contribution in [1.29, 1.82) is 0 Å². The SMILES string of the molecule is CN=C(NCCCCC(C)C)NCCOc1cccc(NC(C)=O)c1. The van der Waals surface area contributed by atoms with Crippen molar-refractivity contribution in [1.82, 2.24) is 10.6 Å². The number of amides is 1. The molecule has 0 bridgehead atoms. The van der Waals surface area contributed by atoms with Crippen LogP contribution in [0.25, 0.3) is 0 Å². The van der Waals surface area contributed by atoms with Gasteiger partial charge in [-0.15, -0.1) is 0 Å². The second-order valence-corrected chi connectivity index (χ2v) is 6.37. The summed E-state index contributed by atoms with van der Waals surface area (Å²) in [5.41, 5.74) is 0.733. The Morgan fingerprint density at radius 3 is 2.64 bits per heavy atom. The summed E-state index contributed by atoms with van der Waals surface area (Å²) in [4.78, 5) is 15.3. The van der Waals surface area contributed by atoms with Crippen LogP contribution in [0.5, 0.6) is 5.75 Å². The molecule has 6 heteroatoms. The fraction of sp³-hybridized carbons (Fsp3) is 0.579. The predicted molar refractivity (Wildman–Crippen MR) is 104 cm³/mol. The zero-order valence-electron chi connectivity index (χ0n) is 15.9. The summed E-state index contributed by atoms with van der Waals surface area (Å²) in [5, 5.41) is 9.28. The van der Waals surface area contributed by atoms with Gasteiger partial charge in [0.05, 0.1) is 6.54 Å². The lowest BCUT2D eigenvalue weighted by Crippen LogP contribution is -2.39. The summed E-state index contributed by atoms with van der Waals surface area (Å²) in [7, 11) is 1.77. The molecule has 0 unspecified atom stereocenters. The van der Waals surface area contributed by atoms with E-state index in [0.717, 1.165) is 36.3 Å². The number of unbranched alkanes of at least 4 members (excludes halogenated alkanes) is 1. The van der Waals surface area contributed by atoms with E-state index in [4.69, 9.17) is 4.74 Å². The van der Waals surface area contributed by atoms with Crippen LogP contribution in [0, 0.1) is 5.92 Å². The first-order chi connectivity index (χ1) is 12.0. The number of aliphatic imine (C=N–C) groups is 1. The lowest BCUT2D eigenvalue weighted by Gasteiger charge is -2.13. The molecule has 0 aliphatic carbocycles. The highest BCUT2D eigenvalue weighted by atomic mass is 16.5. The van der Waals surface area contributed by atoms with Crippen molar-refractivity contribution < 1.29 is 9.53 Å². The number of nitrogens with zero attached hydrogens (tertiary/aromatic N) is 1. The minimum atomic E-state index is -0.0953. The Hall–Kier alpha value is -2.24. The third-order valence-corrected chi connectivity index (χ3v) is 3.54. The number of carbonyl (C=O) groups excluding carboxylic acids is 1. The summed E-state index contributed by atoms with van der Waals surface area (Å²) in [6, 6.07) is 7.36. The molecule has 0 aromatic heterocycles. The van der Waals surface area contributed by atoms with Crippen molar-refractivity contribution in [2.75, 3.05) is 32.1 Å². The van der Waals surface area contributed by atoms with Crippen molar-refractivity contribution in [3.63, 3.8) is 0 Å². The van der Waals surface area contributed by atoms with Gasteiger partial charge in [-0.05, 0) is 24.5 Å². The van der Waals surface area contributed by atoms with Crippen molar-refractivity contribution in [2.24, 2.45) is 10.9 Å². The third kappa shape index (κ3) is 10.3. The number of nitrogens with one attached hydrogen (secondary N) is 3. The summed E-state index contributed by atoms with van der Waals surface area (Å²) < 4.78 is 5.70. The van der Waals surface area contributed by atoms with Gasteiger partial charge in [0.15, 0.2) is 5.96 Å². The molecule has 1 aromatic carbocycles. The first-order valence-corrected chi connectivity index (χ1v) is 8.96. The van der Waals surface area contributed by atoms with Gasteiger partial charge in [0, 0.05) is 32.3 Å². The highest BCUT2D eigenvalue weighted by Gasteiger charge is 2.00. The summed E-state index contributed by atoms with van der Waals surface area (Å²) in [6.07, 6.45) is 3.64. The molecule has 0 heterocycles. The smallest absolute Gasteiger partial charge is 0.221 e. The molecule has 6 nitrogen and oxygen atoms in total. The van der Waals surface area contributed by atoms with Crippen LogP contribution in [0.1, 0.15) is 40.0 Å². The van der Waals surface area contributed by atoms with Crippen LogP contribution in [-0.4, -0.2) is 38.6 Å². The van der Waals surface area contributed by atoms with Crippen LogP contribution in [0.15, 0.2) is 29.3 Å². The van der Waals surface area contributed by atoms with E-state index < -0.39 is 0 Å². The molecule has 0 atom stereocenters. The monoisotopic (exact) mass is 348 g/mol. The highest BCUT2D eigenvalue weighted by molar-refractivity contribution is 5.88.